The maximum atomic E-state index is 4.45. The Morgan fingerprint density at radius 3 is 2.82 bits per heavy atom. The molecule has 0 bridgehead atoms. The molecule has 5 nitrogen and oxygen atoms in total. The van der Waals surface area contributed by atoms with Crippen LogP contribution < -0.4 is 5.32 Å². The Kier molecular flexibility index (Phi) is 2.60. The van der Waals surface area contributed by atoms with Crippen molar-refractivity contribution in [1.82, 2.24) is 25.5 Å². The molecule has 0 spiro atoms. The van der Waals surface area contributed by atoms with Gasteiger partial charge in [0.05, 0.1) is 6.04 Å². The summed E-state index contributed by atoms with van der Waals surface area (Å²) < 4.78 is 0. The Morgan fingerprint density at radius 2 is 2.12 bits per heavy atom. The molecule has 1 aromatic carbocycles. The minimum atomic E-state index is 0.349. The van der Waals surface area contributed by atoms with Gasteiger partial charge in [0.2, 0.25) is 5.82 Å². The topological polar surface area (TPSA) is 55.6 Å². The van der Waals surface area contributed by atoms with Crippen LogP contribution in [0.1, 0.15) is 18.0 Å². The molecule has 17 heavy (non-hydrogen) atoms. The highest BCUT2D eigenvalue weighted by atomic mass is 15.6. The number of hydrogen-bond acceptors (Lipinski definition) is 4. The minimum Gasteiger partial charge on any atom is -0.314 e. The number of aryl methyl sites for hydroxylation is 1. The molecule has 3 rings (SSSR count). The standard InChI is InChI=1S/C12H15N5/c1-9-2-4-10(5-3-9)12-14-16-17(15-12)11-6-7-13-8-11/h2-5,11,13H,6-8H2,1H3. The van der Waals surface area contributed by atoms with Crippen LogP contribution in [0.25, 0.3) is 11.4 Å². The molecule has 1 unspecified atom stereocenters. The Labute approximate surface area is 99.8 Å². The van der Waals surface area contributed by atoms with Crippen molar-refractivity contribution in [1.29, 1.82) is 0 Å². The molecule has 0 radical (unpaired) electrons. The molecule has 1 atom stereocenters. The summed E-state index contributed by atoms with van der Waals surface area (Å²) in [6, 6.07) is 8.54. The van der Waals surface area contributed by atoms with Gasteiger partial charge >= 0.3 is 0 Å². The predicted molar refractivity (Wildman–Crippen MR) is 64.5 cm³/mol. The van der Waals surface area contributed by atoms with E-state index in [1.54, 1.807) is 4.80 Å². The van der Waals surface area contributed by atoms with E-state index in [2.05, 4.69) is 39.8 Å². The summed E-state index contributed by atoms with van der Waals surface area (Å²) in [5.74, 6) is 0.705. The lowest BCUT2D eigenvalue weighted by Crippen LogP contribution is -2.15. The Morgan fingerprint density at radius 1 is 1.29 bits per heavy atom. The van der Waals surface area contributed by atoms with Crippen LogP contribution in [0.3, 0.4) is 0 Å². The number of nitrogens with zero attached hydrogens (tertiary/aromatic N) is 4. The largest absolute Gasteiger partial charge is 0.314 e. The number of tetrazole rings is 1. The van der Waals surface area contributed by atoms with Gasteiger partial charge in [0, 0.05) is 12.1 Å². The van der Waals surface area contributed by atoms with Crippen molar-refractivity contribution in [2.75, 3.05) is 13.1 Å². The van der Waals surface area contributed by atoms with E-state index in [9.17, 15) is 0 Å². The SMILES string of the molecule is Cc1ccc(-c2nnn(C3CCNC3)n2)cc1. The van der Waals surface area contributed by atoms with Gasteiger partial charge in [-0.3, -0.25) is 0 Å². The molecule has 0 aliphatic carbocycles. The van der Waals surface area contributed by atoms with Crippen molar-refractivity contribution in [3.8, 4) is 11.4 Å². The monoisotopic (exact) mass is 229 g/mol. The van der Waals surface area contributed by atoms with E-state index >= 15 is 0 Å². The molecule has 1 aliphatic heterocycles. The zero-order valence-corrected chi connectivity index (χ0v) is 9.80. The van der Waals surface area contributed by atoms with Gasteiger partial charge < -0.3 is 5.32 Å². The van der Waals surface area contributed by atoms with E-state index in [0.717, 1.165) is 25.1 Å². The normalized spacial score (nSPS) is 19.7. The van der Waals surface area contributed by atoms with E-state index in [-0.39, 0.29) is 0 Å². The highest BCUT2D eigenvalue weighted by Crippen LogP contribution is 2.17. The first-order valence-corrected chi connectivity index (χ1v) is 5.90. The first kappa shape index (κ1) is 10.4. The average molecular weight is 229 g/mol. The van der Waals surface area contributed by atoms with Crippen molar-refractivity contribution in [3.05, 3.63) is 29.8 Å². The summed E-state index contributed by atoms with van der Waals surface area (Å²) in [7, 11) is 0. The van der Waals surface area contributed by atoms with Crippen LogP contribution in [0.15, 0.2) is 24.3 Å². The van der Waals surface area contributed by atoms with E-state index in [1.165, 1.54) is 5.56 Å². The third kappa shape index (κ3) is 2.06. The Bertz CT molecular complexity index is 496. The molecule has 1 aromatic heterocycles. The predicted octanol–water partition coefficient (Wildman–Crippen LogP) is 1.18. The summed E-state index contributed by atoms with van der Waals surface area (Å²) in [4.78, 5) is 1.73. The number of benzene rings is 1. The zero-order valence-electron chi connectivity index (χ0n) is 9.80. The van der Waals surface area contributed by atoms with E-state index in [4.69, 9.17) is 0 Å². The van der Waals surface area contributed by atoms with Crippen LogP contribution in [0.2, 0.25) is 0 Å². The van der Waals surface area contributed by atoms with Crippen LogP contribution in [-0.2, 0) is 0 Å². The van der Waals surface area contributed by atoms with Gasteiger partial charge in [0.25, 0.3) is 0 Å². The lowest BCUT2D eigenvalue weighted by atomic mass is 10.1. The first-order valence-electron chi connectivity index (χ1n) is 5.90. The Hall–Kier alpha value is -1.75. The fourth-order valence-electron chi connectivity index (χ4n) is 2.03. The van der Waals surface area contributed by atoms with Crippen molar-refractivity contribution in [3.63, 3.8) is 0 Å². The maximum absolute atomic E-state index is 4.45. The molecule has 88 valence electrons. The second-order valence-electron chi connectivity index (χ2n) is 4.45. The number of aromatic nitrogens is 4. The maximum Gasteiger partial charge on any atom is 0.204 e. The van der Waals surface area contributed by atoms with Crippen molar-refractivity contribution in [2.45, 2.75) is 19.4 Å². The molecule has 5 heteroatoms. The smallest absolute Gasteiger partial charge is 0.204 e. The lowest BCUT2D eigenvalue weighted by molar-refractivity contribution is 0.424. The van der Waals surface area contributed by atoms with Gasteiger partial charge in [-0.25, -0.2) is 0 Å². The van der Waals surface area contributed by atoms with Crippen LogP contribution in [-0.4, -0.2) is 33.3 Å². The molecule has 0 saturated carbocycles. The average Bonchev–Trinajstić information content (AvgIpc) is 3.00. The molecular formula is C12H15N5. The van der Waals surface area contributed by atoms with Crippen molar-refractivity contribution in [2.24, 2.45) is 0 Å². The number of rotatable bonds is 2. The second kappa shape index (κ2) is 4.25. The van der Waals surface area contributed by atoms with Gasteiger partial charge in [-0.05, 0) is 25.1 Å². The summed E-state index contributed by atoms with van der Waals surface area (Å²) in [5, 5.41) is 16.0. The summed E-state index contributed by atoms with van der Waals surface area (Å²) in [6.07, 6.45) is 1.07. The summed E-state index contributed by atoms with van der Waals surface area (Å²) >= 11 is 0. The zero-order chi connectivity index (χ0) is 11.7. The molecule has 1 N–H and O–H groups in total. The molecule has 1 aliphatic rings. The van der Waals surface area contributed by atoms with Gasteiger partial charge in [0.15, 0.2) is 0 Å². The molecule has 1 fully saturated rings. The van der Waals surface area contributed by atoms with Crippen molar-refractivity contribution < 1.29 is 0 Å². The van der Waals surface area contributed by atoms with Gasteiger partial charge in [0.1, 0.15) is 0 Å². The van der Waals surface area contributed by atoms with Crippen molar-refractivity contribution >= 4 is 0 Å². The van der Waals surface area contributed by atoms with Crippen LogP contribution in [0.5, 0.6) is 0 Å². The first-order chi connectivity index (χ1) is 8.33. The van der Waals surface area contributed by atoms with Crippen LogP contribution >= 0.6 is 0 Å². The van der Waals surface area contributed by atoms with E-state index in [0.29, 0.717) is 11.9 Å². The molecule has 1 saturated heterocycles. The third-order valence-corrected chi connectivity index (χ3v) is 3.10. The summed E-state index contributed by atoms with van der Waals surface area (Å²) in [5.41, 5.74) is 2.26. The van der Waals surface area contributed by atoms with Gasteiger partial charge in [-0.1, -0.05) is 29.8 Å². The second-order valence-corrected chi connectivity index (χ2v) is 4.45. The molecule has 2 aromatic rings. The summed E-state index contributed by atoms with van der Waals surface area (Å²) in [6.45, 7) is 4.04. The number of hydrogen-bond donors (Lipinski definition) is 1. The van der Waals surface area contributed by atoms with E-state index in [1.807, 2.05) is 12.1 Å². The Balaban J connectivity index is 1.86. The fraction of sp³-hybridized carbons (Fsp3) is 0.417. The minimum absolute atomic E-state index is 0.349. The van der Waals surface area contributed by atoms with Gasteiger partial charge in [-0.2, -0.15) is 4.80 Å². The molecule has 2 heterocycles. The van der Waals surface area contributed by atoms with Gasteiger partial charge in [-0.15, -0.1) is 10.2 Å². The highest BCUT2D eigenvalue weighted by Gasteiger charge is 2.19. The third-order valence-electron chi connectivity index (χ3n) is 3.10. The molecule has 0 amide bonds. The quantitative estimate of drug-likeness (QED) is 0.840. The molecular weight excluding hydrogens is 214 g/mol. The van der Waals surface area contributed by atoms with Crippen LogP contribution in [0, 0.1) is 6.92 Å². The van der Waals surface area contributed by atoms with E-state index < -0.39 is 0 Å². The highest BCUT2D eigenvalue weighted by molar-refractivity contribution is 5.53. The lowest BCUT2D eigenvalue weighted by Gasteiger charge is -2.04. The van der Waals surface area contributed by atoms with Crippen LogP contribution in [0.4, 0.5) is 0 Å². The number of nitrogens with one attached hydrogen (secondary N) is 1. The fourth-order valence-corrected chi connectivity index (χ4v) is 2.03.